The van der Waals surface area contributed by atoms with Crippen molar-refractivity contribution in [1.82, 2.24) is 0 Å². The molecule has 1 aromatic heterocycles. The van der Waals surface area contributed by atoms with Gasteiger partial charge < -0.3 is 9.15 Å². The van der Waals surface area contributed by atoms with Crippen LogP contribution in [0.25, 0.3) is 0 Å². The second-order valence-corrected chi connectivity index (χ2v) is 7.97. The maximum absolute atomic E-state index is 13.0. The van der Waals surface area contributed by atoms with Crippen molar-refractivity contribution in [2.75, 3.05) is 0 Å². The highest BCUT2D eigenvalue weighted by molar-refractivity contribution is 5.99. The number of aryl methyl sites for hydroxylation is 1. The molecule has 0 aromatic carbocycles. The molecule has 4 atom stereocenters. The van der Waals surface area contributed by atoms with E-state index in [1.54, 1.807) is 13.0 Å². The van der Waals surface area contributed by atoms with Crippen LogP contribution < -0.4 is 0 Å². The fourth-order valence-electron chi connectivity index (χ4n) is 4.50. The normalized spacial score (nSPS) is 32.2. The molecule has 0 amide bonds. The lowest BCUT2D eigenvalue weighted by Gasteiger charge is -2.50. The molecular weight excluding hydrogens is 316 g/mol. The van der Waals surface area contributed by atoms with Gasteiger partial charge in [0.25, 0.3) is 0 Å². The first-order chi connectivity index (χ1) is 11.7. The Kier molecular flexibility index (Phi) is 4.42. The molecule has 0 N–H and O–H groups in total. The predicted molar refractivity (Wildman–Crippen MR) is 95.5 cm³/mol. The van der Waals surface area contributed by atoms with Gasteiger partial charge in [0.05, 0.1) is 0 Å². The van der Waals surface area contributed by atoms with Gasteiger partial charge in [-0.3, -0.25) is 4.79 Å². The second kappa shape index (κ2) is 6.15. The Balaban J connectivity index is 1.91. The molecule has 1 saturated carbocycles. The molecule has 0 aliphatic heterocycles. The Morgan fingerprint density at radius 1 is 1.32 bits per heavy atom. The summed E-state index contributed by atoms with van der Waals surface area (Å²) in [6, 6.07) is 0. The van der Waals surface area contributed by atoms with Crippen molar-refractivity contribution >= 4 is 11.8 Å². The van der Waals surface area contributed by atoms with Gasteiger partial charge >= 0.3 is 5.97 Å². The third-order valence-electron chi connectivity index (χ3n) is 6.76. The number of esters is 1. The fraction of sp³-hybridized carbons (Fsp3) is 0.619. The van der Waals surface area contributed by atoms with Crippen LogP contribution in [-0.2, 0) is 16.0 Å². The van der Waals surface area contributed by atoms with Gasteiger partial charge in [-0.1, -0.05) is 19.9 Å². The highest BCUT2D eigenvalue weighted by Crippen LogP contribution is 2.53. The zero-order valence-corrected chi connectivity index (χ0v) is 16.1. The van der Waals surface area contributed by atoms with E-state index < -0.39 is 0 Å². The third-order valence-corrected chi connectivity index (χ3v) is 6.76. The topological polar surface area (TPSA) is 56.5 Å². The smallest absolute Gasteiger partial charge is 0.333 e. The molecule has 25 heavy (non-hydrogen) atoms. The predicted octanol–water partition coefficient (Wildman–Crippen LogP) is 4.57. The summed E-state index contributed by atoms with van der Waals surface area (Å²) < 4.78 is 11.6. The summed E-state index contributed by atoms with van der Waals surface area (Å²) in [5.41, 5.74) is 2.55. The van der Waals surface area contributed by atoms with Crippen LogP contribution in [0.2, 0.25) is 0 Å². The molecule has 2 aliphatic rings. The van der Waals surface area contributed by atoms with E-state index in [0.29, 0.717) is 11.3 Å². The van der Waals surface area contributed by atoms with E-state index in [1.807, 2.05) is 20.8 Å². The Morgan fingerprint density at radius 2 is 2.00 bits per heavy atom. The molecule has 1 heterocycles. The number of ether oxygens (including phenoxy) is 1. The molecule has 4 unspecified atom stereocenters. The lowest BCUT2D eigenvalue weighted by atomic mass is 9.54. The monoisotopic (exact) mass is 344 g/mol. The summed E-state index contributed by atoms with van der Waals surface area (Å²) in [5, 5.41) is 0. The minimum absolute atomic E-state index is 0.0577. The number of fused-ring (bicyclic) bond motifs is 2. The van der Waals surface area contributed by atoms with E-state index >= 15 is 0 Å². The minimum Gasteiger partial charge on any atom is -0.459 e. The van der Waals surface area contributed by atoms with E-state index in [1.165, 1.54) is 0 Å². The number of carbonyl (C=O) groups is 2. The van der Waals surface area contributed by atoms with Crippen LogP contribution in [0.4, 0.5) is 0 Å². The standard InChI is InChI=1S/C21H28O4/c1-7-11(2)20(23)25-17-9-8-16-18(22)19-15(12(3)14(5)24-19)10-21(16,6)13(17)4/h7,13,16-17H,8-10H2,1-6H3. The lowest BCUT2D eigenvalue weighted by molar-refractivity contribution is -0.154. The molecule has 2 aliphatic carbocycles. The van der Waals surface area contributed by atoms with Crippen molar-refractivity contribution in [3.05, 3.63) is 34.3 Å². The maximum atomic E-state index is 13.0. The van der Waals surface area contributed by atoms with Gasteiger partial charge in [0, 0.05) is 17.1 Å². The molecule has 136 valence electrons. The van der Waals surface area contributed by atoms with Crippen LogP contribution in [0.15, 0.2) is 16.1 Å². The number of allylic oxidation sites excluding steroid dienone is 1. The van der Waals surface area contributed by atoms with Crippen molar-refractivity contribution in [2.24, 2.45) is 17.3 Å². The van der Waals surface area contributed by atoms with Crippen LogP contribution in [0, 0.1) is 31.1 Å². The number of hydrogen-bond acceptors (Lipinski definition) is 4. The summed E-state index contributed by atoms with van der Waals surface area (Å²) >= 11 is 0. The largest absolute Gasteiger partial charge is 0.459 e. The molecule has 4 nitrogen and oxygen atoms in total. The number of ketones is 1. The molecular formula is C21H28O4. The van der Waals surface area contributed by atoms with Crippen LogP contribution in [0.3, 0.4) is 0 Å². The molecule has 1 fully saturated rings. The van der Waals surface area contributed by atoms with Gasteiger partial charge in [0.2, 0.25) is 5.78 Å². The minimum atomic E-state index is -0.250. The zero-order valence-electron chi connectivity index (χ0n) is 16.1. The molecule has 3 rings (SSSR count). The zero-order chi connectivity index (χ0) is 18.5. The Morgan fingerprint density at radius 3 is 2.64 bits per heavy atom. The van der Waals surface area contributed by atoms with E-state index in [0.717, 1.165) is 36.1 Å². The van der Waals surface area contributed by atoms with Crippen LogP contribution in [0.5, 0.6) is 0 Å². The van der Waals surface area contributed by atoms with Gasteiger partial charge in [-0.05, 0) is 63.9 Å². The van der Waals surface area contributed by atoms with Crippen molar-refractivity contribution in [3.63, 3.8) is 0 Å². The lowest BCUT2D eigenvalue weighted by Crippen LogP contribution is -2.52. The molecule has 0 saturated heterocycles. The molecule has 0 spiro atoms. The number of furan rings is 1. The Labute approximate surface area is 149 Å². The average Bonchev–Trinajstić information content (AvgIpc) is 2.86. The molecule has 1 aromatic rings. The maximum Gasteiger partial charge on any atom is 0.333 e. The van der Waals surface area contributed by atoms with Crippen molar-refractivity contribution in [2.45, 2.75) is 66.9 Å². The summed E-state index contributed by atoms with van der Waals surface area (Å²) in [6.07, 6.45) is 3.90. The molecule has 4 heteroatoms. The summed E-state index contributed by atoms with van der Waals surface area (Å²) in [5.74, 6) is 1.33. The number of hydrogen-bond donors (Lipinski definition) is 0. The van der Waals surface area contributed by atoms with Gasteiger partial charge in [-0.2, -0.15) is 0 Å². The summed E-state index contributed by atoms with van der Waals surface area (Å²) in [6.45, 7) is 11.8. The Bertz CT molecular complexity index is 754. The first kappa shape index (κ1) is 18.0. The van der Waals surface area contributed by atoms with Gasteiger partial charge in [-0.25, -0.2) is 4.79 Å². The third kappa shape index (κ3) is 2.66. The number of Topliss-reactive ketones (excluding diaryl/α,β-unsaturated/α-hetero) is 1. The highest BCUT2D eigenvalue weighted by atomic mass is 16.5. The van der Waals surface area contributed by atoms with Gasteiger partial charge in [0.15, 0.2) is 5.76 Å². The van der Waals surface area contributed by atoms with Crippen LogP contribution >= 0.6 is 0 Å². The first-order valence-electron chi connectivity index (χ1n) is 9.17. The number of rotatable bonds is 2. The average molecular weight is 344 g/mol. The van der Waals surface area contributed by atoms with E-state index in [4.69, 9.17) is 9.15 Å². The Hall–Kier alpha value is -1.84. The molecule has 0 radical (unpaired) electrons. The summed E-state index contributed by atoms with van der Waals surface area (Å²) in [4.78, 5) is 25.2. The van der Waals surface area contributed by atoms with Gasteiger partial charge in [0.1, 0.15) is 11.9 Å². The van der Waals surface area contributed by atoms with E-state index in [2.05, 4.69) is 13.8 Å². The van der Waals surface area contributed by atoms with Crippen molar-refractivity contribution in [3.8, 4) is 0 Å². The number of carbonyl (C=O) groups excluding carboxylic acids is 2. The fourth-order valence-corrected chi connectivity index (χ4v) is 4.50. The first-order valence-corrected chi connectivity index (χ1v) is 9.17. The SMILES string of the molecule is CC=C(C)C(=O)OC1CCC2C(=O)c3oc(C)c(C)c3CC2(C)C1C. The van der Waals surface area contributed by atoms with Gasteiger partial charge in [-0.15, -0.1) is 0 Å². The molecule has 0 bridgehead atoms. The van der Waals surface area contributed by atoms with Crippen LogP contribution in [-0.4, -0.2) is 17.9 Å². The van der Waals surface area contributed by atoms with E-state index in [-0.39, 0.29) is 35.1 Å². The highest BCUT2D eigenvalue weighted by Gasteiger charge is 2.54. The second-order valence-electron chi connectivity index (χ2n) is 7.97. The van der Waals surface area contributed by atoms with Crippen LogP contribution in [0.1, 0.15) is 68.0 Å². The van der Waals surface area contributed by atoms with Crippen molar-refractivity contribution < 1.29 is 18.7 Å². The quantitative estimate of drug-likeness (QED) is 0.583. The van der Waals surface area contributed by atoms with E-state index in [9.17, 15) is 9.59 Å². The summed E-state index contributed by atoms with van der Waals surface area (Å²) in [7, 11) is 0. The van der Waals surface area contributed by atoms with Crippen molar-refractivity contribution in [1.29, 1.82) is 0 Å².